The number of nitrogens with one attached hydrogen (secondary N) is 1. The van der Waals surface area contributed by atoms with E-state index in [2.05, 4.69) is 46.1 Å². The number of hydrogen-bond donors (Lipinski definition) is 1. The highest BCUT2D eigenvalue weighted by molar-refractivity contribution is 14.0. The van der Waals surface area contributed by atoms with Crippen molar-refractivity contribution in [1.29, 1.82) is 0 Å². The van der Waals surface area contributed by atoms with Crippen LogP contribution >= 0.6 is 35.7 Å². The summed E-state index contributed by atoms with van der Waals surface area (Å²) < 4.78 is 0. The third kappa shape index (κ3) is 7.57. The van der Waals surface area contributed by atoms with Gasteiger partial charge in [-0.1, -0.05) is 24.3 Å². The molecule has 1 unspecified atom stereocenters. The average Bonchev–Trinajstić information content (AvgIpc) is 3.09. The lowest BCUT2D eigenvalue weighted by atomic mass is 10.2. The topological polar surface area (TPSA) is 47.9 Å². The first-order valence-electron chi connectivity index (χ1n) is 8.62. The zero-order valence-corrected chi connectivity index (χ0v) is 18.7. The van der Waals surface area contributed by atoms with Gasteiger partial charge in [-0.3, -0.25) is 4.79 Å². The summed E-state index contributed by atoms with van der Waals surface area (Å²) in [6.07, 6.45) is 2.96. The van der Waals surface area contributed by atoms with Gasteiger partial charge in [0.1, 0.15) is 6.54 Å². The van der Waals surface area contributed by atoms with Crippen LogP contribution in [0, 0.1) is 5.92 Å². The van der Waals surface area contributed by atoms with Crippen LogP contribution in [-0.4, -0.2) is 67.7 Å². The number of carbonyl (C=O) groups excluding carboxylic acids is 1. The van der Waals surface area contributed by atoms with E-state index in [1.165, 1.54) is 4.90 Å². The van der Waals surface area contributed by atoms with Crippen LogP contribution in [0.1, 0.15) is 6.42 Å². The first-order chi connectivity index (χ1) is 12.1. The van der Waals surface area contributed by atoms with Gasteiger partial charge in [0.15, 0.2) is 5.96 Å². The normalized spacial score (nSPS) is 16.8. The average molecular weight is 488 g/mol. The Bertz CT molecular complexity index is 594. The SMILES string of the molecule is C=CCNC(=NCC(=O)N(C)C)N1CCC(CSc2ccccc2)C1.I. The van der Waals surface area contributed by atoms with Crippen molar-refractivity contribution in [2.45, 2.75) is 11.3 Å². The Kier molecular flexibility index (Phi) is 10.7. The summed E-state index contributed by atoms with van der Waals surface area (Å²) in [6.45, 7) is 6.51. The van der Waals surface area contributed by atoms with Gasteiger partial charge in [0.25, 0.3) is 0 Å². The summed E-state index contributed by atoms with van der Waals surface area (Å²) in [5.41, 5.74) is 0. The van der Waals surface area contributed by atoms with Crippen LogP contribution in [0.2, 0.25) is 0 Å². The molecule has 0 bridgehead atoms. The molecule has 1 N–H and O–H groups in total. The van der Waals surface area contributed by atoms with Gasteiger partial charge >= 0.3 is 0 Å². The third-order valence-electron chi connectivity index (χ3n) is 4.08. The number of halogens is 1. The van der Waals surface area contributed by atoms with E-state index in [0.717, 1.165) is 31.2 Å². The molecule has 0 aromatic heterocycles. The van der Waals surface area contributed by atoms with Gasteiger partial charge in [-0.05, 0) is 24.5 Å². The van der Waals surface area contributed by atoms with Crippen molar-refractivity contribution in [1.82, 2.24) is 15.1 Å². The second-order valence-electron chi connectivity index (χ2n) is 6.32. The maximum atomic E-state index is 11.8. The predicted octanol–water partition coefficient (Wildman–Crippen LogP) is 2.94. The van der Waals surface area contributed by atoms with Gasteiger partial charge in [0.2, 0.25) is 5.91 Å². The molecule has 26 heavy (non-hydrogen) atoms. The zero-order valence-electron chi connectivity index (χ0n) is 15.6. The molecule has 5 nitrogen and oxygen atoms in total. The predicted molar refractivity (Wildman–Crippen MR) is 121 cm³/mol. The summed E-state index contributed by atoms with van der Waals surface area (Å²) in [6, 6.07) is 10.5. The Morgan fingerprint density at radius 3 is 2.81 bits per heavy atom. The quantitative estimate of drug-likeness (QED) is 0.211. The highest BCUT2D eigenvalue weighted by Gasteiger charge is 2.25. The maximum absolute atomic E-state index is 11.8. The number of carbonyl (C=O) groups is 1. The number of benzene rings is 1. The molecule has 0 radical (unpaired) electrons. The van der Waals surface area contributed by atoms with Crippen molar-refractivity contribution in [3.8, 4) is 0 Å². The van der Waals surface area contributed by atoms with Crippen molar-refractivity contribution >= 4 is 47.6 Å². The molecule has 0 spiro atoms. The Labute approximate surface area is 178 Å². The van der Waals surface area contributed by atoms with Crippen LogP contribution in [-0.2, 0) is 4.79 Å². The summed E-state index contributed by atoms with van der Waals surface area (Å²) >= 11 is 1.91. The van der Waals surface area contributed by atoms with Crippen LogP contribution in [0.15, 0.2) is 52.9 Å². The number of aliphatic imine (C=N–C) groups is 1. The van der Waals surface area contributed by atoms with Crippen molar-refractivity contribution in [2.75, 3.05) is 46.0 Å². The minimum atomic E-state index is 0. The molecular weight excluding hydrogens is 459 g/mol. The number of likely N-dealkylation sites (N-methyl/N-ethyl adjacent to an activating group) is 1. The van der Waals surface area contributed by atoms with Crippen LogP contribution in [0.3, 0.4) is 0 Å². The lowest BCUT2D eigenvalue weighted by molar-refractivity contribution is -0.127. The zero-order chi connectivity index (χ0) is 18.1. The van der Waals surface area contributed by atoms with E-state index in [1.54, 1.807) is 19.0 Å². The molecule has 0 aliphatic carbocycles. The van der Waals surface area contributed by atoms with E-state index in [-0.39, 0.29) is 36.4 Å². The summed E-state index contributed by atoms with van der Waals surface area (Å²) in [7, 11) is 3.50. The summed E-state index contributed by atoms with van der Waals surface area (Å²) in [5.74, 6) is 2.55. The number of hydrogen-bond acceptors (Lipinski definition) is 3. The molecule has 1 aromatic carbocycles. The number of guanidine groups is 1. The fourth-order valence-electron chi connectivity index (χ4n) is 2.61. The first kappa shape index (κ1) is 22.8. The van der Waals surface area contributed by atoms with Gasteiger partial charge in [-0.2, -0.15) is 0 Å². The van der Waals surface area contributed by atoms with Crippen molar-refractivity contribution in [3.63, 3.8) is 0 Å². The summed E-state index contributed by atoms with van der Waals surface area (Å²) in [4.78, 5) is 21.4. The van der Waals surface area contributed by atoms with Gasteiger partial charge in [0.05, 0.1) is 0 Å². The largest absolute Gasteiger partial charge is 0.353 e. The van der Waals surface area contributed by atoms with Gasteiger partial charge in [0, 0.05) is 44.4 Å². The molecule has 7 heteroatoms. The van der Waals surface area contributed by atoms with E-state index in [0.29, 0.717) is 12.5 Å². The summed E-state index contributed by atoms with van der Waals surface area (Å²) in [5, 5.41) is 3.28. The maximum Gasteiger partial charge on any atom is 0.243 e. The van der Waals surface area contributed by atoms with Gasteiger partial charge < -0.3 is 15.1 Å². The van der Waals surface area contributed by atoms with Crippen LogP contribution in [0.5, 0.6) is 0 Å². The lowest BCUT2D eigenvalue weighted by Crippen LogP contribution is -2.41. The highest BCUT2D eigenvalue weighted by Crippen LogP contribution is 2.25. The van der Waals surface area contributed by atoms with E-state index < -0.39 is 0 Å². The van der Waals surface area contributed by atoms with Crippen LogP contribution in [0.25, 0.3) is 0 Å². The first-order valence-corrected chi connectivity index (χ1v) is 9.61. The Balaban J connectivity index is 0.00000338. The number of amides is 1. The molecule has 1 atom stereocenters. The molecule has 1 heterocycles. The minimum Gasteiger partial charge on any atom is -0.353 e. The second kappa shape index (κ2) is 12.2. The molecule has 1 aliphatic heterocycles. The van der Waals surface area contributed by atoms with Crippen molar-refractivity contribution in [2.24, 2.45) is 10.9 Å². The van der Waals surface area contributed by atoms with Gasteiger partial charge in [-0.25, -0.2) is 4.99 Å². The number of rotatable bonds is 7. The fourth-order valence-corrected chi connectivity index (χ4v) is 3.66. The Morgan fingerprint density at radius 1 is 1.42 bits per heavy atom. The van der Waals surface area contributed by atoms with E-state index in [4.69, 9.17) is 0 Å². The molecule has 144 valence electrons. The molecule has 2 rings (SSSR count). The Hall–Kier alpha value is -1.22. The highest BCUT2D eigenvalue weighted by atomic mass is 127. The minimum absolute atomic E-state index is 0. The molecule has 1 aliphatic rings. The number of nitrogens with zero attached hydrogens (tertiary/aromatic N) is 3. The lowest BCUT2D eigenvalue weighted by Gasteiger charge is -2.22. The Morgan fingerprint density at radius 2 is 2.15 bits per heavy atom. The number of thioether (sulfide) groups is 1. The molecule has 1 aromatic rings. The molecule has 1 fully saturated rings. The fraction of sp³-hybridized carbons (Fsp3) is 0.474. The monoisotopic (exact) mass is 488 g/mol. The third-order valence-corrected chi connectivity index (χ3v) is 5.33. The van der Waals surface area contributed by atoms with E-state index >= 15 is 0 Å². The van der Waals surface area contributed by atoms with Crippen LogP contribution in [0.4, 0.5) is 0 Å². The van der Waals surface area contributed by atoms with Crippen molar-refractivity contribution < 1.29 is 4.79 Å². The van der Waals surface area contributed by atoms with E-state index in [9.17, 15) is 4.79 Å². The van der Waals surface area contributed by atoms with Gasteiger partial charge in [-0.15, -0.1) is 42.3 Å². The molecular formula is C19H29IN4OS. The van der Waals surface area contributed by atoms with Crippen LogP contribution < -0.4 is 5.32 Å². The van der Waals surface area contributed by atoms with E-state index in [1.807, 2.05) is 23.9 Å². The standard InChI is InChI=1S/C19H28N4OS.HI/c1-4-11-20-19(21-13-18(24)22(2)3)23-12-10-16(14-23)15-25-17-8-6-5-7-9-17;/h4-9,16H,1,10-15H2,2-3H3,(H,20,21);1H. The molecule has 0 saturated carbocycles. The van der Waals surface area contributed by atoms with Crippen molar-refractivity contribution in [3.05, 3.63) is 43.0 Å². The smallest absolute Gasteiger partial charge is 0.243 e. The second-order valence-corrected chi connectivity index (χ2v) is 7.42. The molecule has 1 saturated heterocycles. The number of likely N-dealkylation sites (tertiary alicyclic amines) is 1. The molecule has 1 amide bonds.